The standard InChI is InChI=1S/C22H27N3O2/c1-4-24(5-2)16-10-15-21(26)25-18-12-7-6-11-17(18)22(27)23(3)19-13-8-9-14-20(19)25/h6-9,11-14H,4-5,10,15-16H2,1-3H3. The molecular formula is C22H27N3O2. The van der Waals surface area contributed by atoms with Gasteiger partial charge in [0.1, 0.15) is 0 Å². The van der Waals surface area contributed by atoms with Crippen LogP contribution in [0.25, 0.3) is 0 Å². The van der Waals surface area contributed by atoms with E-state index in [9.17, 15) is 9.59 Å². The summed E-state index contributed by atoms with van der Waals surface area (Å²) in [6.07, 6.45) is 1.24. The molecule has 0 aliphatic carbocycles. The van der Waals surface area contributed by atoms with Crippen molar-refractivity contribution >= 4 is 28.9 Å². The molecule has 0 spiro atoms. The fourth-order valence-electron chi connectivity index (χ4n) is 3.58. The van der Waals surface area contributed by atoms with E-state index < -0.39 is 0 Å². The molecule has 0 atom stereocenters. The van der Waals surface area contributed by atoms with Crippen LogP contribution >= 0.6 is 0 Å². The maximum absolute atomic E-state index is 13.2. The Morgan fingerprint density at radius 3 is 2.19 bits per heavy atom. The molecule has 0 bridgehead atoms. The van der Waals surface area contributed by atoms with Crippen LogP contribution in [0.3, 0.4) is 0 Å². The molecule has 1 heterocycles. The van der Waals surface area contributed by atoms with Crippen LogP contribution in [-0.4, -0.2) is 43.4 Å². The van der Waals surface area contributed by atoms with E-state index >= 15 is 0 Å². The van der Waals surface area contributed by atoms with Gasteiger partial charge in [-0.15, -0.1) is 0 Å². The SMILES string of the molecule is CCN(CC)CCCC(=O)N1c2ccccc2C(=O)N(C)c2ccccc21. The third-order valence-corrected chi connectivity index (χ3v) is 5.17. The summed E-state index contributed by atoms with van der Waals surface area (Å²) in [5, 5.41) is 0. The van der Waals surface area contributed by atoms with E-state index in [0.717, 1.165) is 37.4 Å². The molecule has 2 amide bonds. The molecule has 5 heteroatoms. The normalized spacial score (nSPS) is 13.4. The second-order valence-corrected chi connectivity index (χ2v) is 6.73. The van der Waals surface area contributed by atoms with Crippen molar-refractivity contribution in [3.63, 3.8) is 0 Å². The van der Waals surface area contributed by atoms with Crippen molar-refractivity contribution in [2.24, 2.45) is 0 Å². The zero-order valence-corrected chi connectivity index (χ0v) is 16.3. The van der Waals surface area contributed by atoms with Gasteiger partial charge in [0.25, 0.3) is 5.91 Å². The molecule has 1 aliphatic heterocycles. The first kappa shape index (κ1) is 19.1. The smallest absolute Gasteiger partial charge is 0.260 e. The zero-order valence-electron chi connectivity index (χ0n) is 16.3. The lowest BCUT2D eigenvalue weighted by atomic mass is 10.1. The first-order chi connectivity index (χ1) is 13.1. The van der Waals surface area contributed by atoms with Crippen LogP contribution in [-0.2, 0) is 4.79 Å². The number of nitrogens with zero attached hydrogens (tertiary/aromatic N) is 3. The first-order valence-electron chi connectivity index (χ1n) is 9.59. The van der Waals surface area contributed by atoms with Crippen LogP contribution in [0.1, 0.15) is 37.0 Å². The fourth-order valence-corrected chi connectivity index (χ4v) is 3.58. The molecule has 0 unspecified atom stereocenters. The molecule has 27 heavy (non-hydrogen) atoms. The number of hydrogen-bond acceptors (Lipinski definition) is 3. The number of fused-ring (bicyclic) bond motifs is 2. The van der Waals surface area contributed by atoms with Gasteiger partial charge in [0.2, 0.25) is 5.91 Å². The predicted molar refractivity (Wildman–Crippen MR) is 110 cm³/mol. The second-order valence-electron chi connectivity index (χ2n) is 6.73. The molecule has 2 aromatic carbocycles. The number of benzene rings is 2. The van der Waals surface area contributed by atoms with Crippen LogP contribution < -0.4 is 9.80 Å². The van der Waals surface area contributed by atoms with Crippen molar-refractivity contribution in [3.8, 4) is 0 Å². The molecule has 0 N–H and O–H groups in total. The predicted octanol–water partition coefficient (Wildman–Crippen LogP) is 4.06. The molecule has 0 saturated carbocycles. The Labute approximate surface area is 161 Å². The maximum Gasteiger partial charge on any atom is 0.260 e. The zero-order chi connectivity index (χ0) is 19.4. The lowest BCUT2D eigenvalue weighted by molar-refractivity contribution is -0.118. The highest BCUT2D eigenvalue weighted by Crippen LogP contribution is 2.40. The lowest BCUT2D eigenvalue weighted by Gasteiger charge is -2.25. The number of para-hydroxylation sites is 3. The molecule has 3 rings (SSSR count). The summed E-state index contributed by atoms with van der Waals surface area (Å²) in [5.41, 5.74) is 2.71. The second kappa shape index (κ2) is 8.35. The Bertz CT molecular complexity index is 830. The van der Waals surface area contributed by atoms with E-state index in [4.69, 9.17) is 0 Å². The van der Waals surface area contributed by atoms with E-state index in [2.05, 4.69) is 18.7 Å². The summed E-state index contributed by atoms with van der Waals surface area (Å²) >= 11 is 0. The summed E-state index contributed by atoms with van der Waals surface area (Å²) in [5.74, 6) is -0.0818. The van der Waals surface area contributed by atoms with Gasteiger partial charge < -0.3 is 9.80 Å². The first-order valence-corrected chi connectivity index (χ1v) is 9.59. The minimum atomic E-state index is -0.100. The van der Waals surface area contributed by atoms with Gasteiger partial charge in [0.15, 0.2) is 0 Å². The monoisotopic (exact) mass is 365 g/mol. The van der Waals surface area contributed by atoms with Crippen molar-refractivity contribution in [2.45, 2.75) is 26.7 Å². The summed E-state index contributed by atoms with van der Waals surface area (Å²) in [4.78, 5) is 31.8. The van der Waals surface area contributed by atoms with Crippen molar-refractivity contribution in [1.29, 1.82) is 0 Å². The number of carbonyl (C=O) groups excluding carboxylic acids is 2. The highest BCUT2D eigenvalue weighted by atomic mass is 16.2. The van der Waals surface area contributed by atoms with Crippen molar-refractivity contribution in [2.75, 3.05) is 36.5 Å². The molecule has 142 valence electrons. The Morgan fingerprint density at radius 1 is 0.926 bits per heavy atom. The average Bonchev–Trinajstić information content (AvgIpc) is 2.79. The van der Waals surface area contributed by atoms with Gasteiger partial charge >= 0.3 is 0 Å². The topological polar surface area (TPSA) is 43.9 Å². The van der Waals surface area contributed by atoms with Crippen LogP contribution in [0.15, 0.2) is 48.5 Å². The van der Waals surface area contributed by atoms with Gasteiger partial charge in [-0.25, -0.2) is 0 Å². The molecular weight excluding hydrogens is 338 g/mol. The van der Waals surface area contributed by atoms with Crippen LogP contribution in [0.5, 0.6) is 0 Å². The van der Waals surface area contributed by atoms with Crippen molar-refractivity contribution in [3.05, 3.63) is 54.1 Å². The van der Waals surface area contributed by atoms with Crippen LogP contribution in [0, 0.1) is 0 Å². The molecule has 2 aromatic rings. The molecule has 0 fully saturated rings. The number of carbonyl (C=O) groups is 2. The largest absolute Gasteiger partial charge is 0.309 e. The van der Waals surface area contributed by atoms with Gasteiger partial charge in [-0.2, -0.15) is 0 Å². The van der Waals surface area contributed by atoms with Gasteiger partial charge in [-0.3, -0.25) is 14.5 Å². The van der Waals surface area contributed by atoms with Crippen molar-refractivity contribution in [1.82, 2.24) is 4.90 Å². The summed E-state index contributed by atoms with van der Waals surface area (Å²) < 4.78 is 0. The highest BCUT2D eigenvalue weighted by Gasteiger charge is 2.31. The molecule has 0 aromatic heterocycles. The van der Waals surface area contributed by atoms with E-state index in [1.54, 1.807) is 22.9 Å². The quantitative estimate of drug-likeness (QED) is 0.775. The van der Waals surface area contributed by atoms with Gasteiger partial charge in [0.05, 0.1) is 22.6 Å². The molecule has 1 aliphatic rings. The third-order valence-electron chi connectivity index (χ3n) is 5.17. The Hall–Kier alpha value is -2.66. The van der Waals surface area contributed by atoms with Crippen LogP contribution in [0.4, 0.5) is 17.1 Å². The van der Waals surface area contributed by atoms with Gasteiger partial charge in [0, 0.05) is 13.5 Å². The summed E-state index contributed by atoms with van der Waals surface area (Å²) in [7, 11) is 1.76. The molecule has 0 saturated heterocycles. The number of anilines is 3. The Kier molecular flexibility index (Phi) is 5.91. The van der Waals surface area contributed by atoms with E-state index in [1.807, 2.05) is 42.5 Å². The van der Waals surface area contributed by atoms with E-state index in [-0.39, 0.29) is 11.8 Å². The van der Waals surface area contributed by atoms with E-state index in [1.165, 1.54) is 0 Å². The number of hydrogen-bond donors (Lipinski definition) is 0. The average molecular weight is 365 g/mol. The maximum atomic E-state index is 13.2. The summed E-state index contributed by atoms with van der Waals surface area (Å²) in [6, 6.07) is 14.9. The number of amides is 2. The Balaban J connectivity index is 1.96. The van der Waals surface area contributed by atoms with E-state index in [0.29, 0.717) is 17.7 Å². The minimum absolute atomic E-state index is 0.0187. The highest BCUT2D eigenvalue weighted by molar-refractivity contribution is 6.18. The van der Waals surface area contributed by atoms with Crippen molar-refractivity contribution < 1.29 is 9.59 Å². The fraction of sp³-hybridized carbons (Fsp3) is 0.364. The number of rotatable bonds is 6. The van der Waals surface area contributed by atoms with Gasteiger partial charge in [-0.05, 0) is 50.3 Å². The van der Waals surface area contributed by atoms with Gasteiger partial charge in [-0.1, -0.05) is 38.1 Å². The molecule has 5 nitrogen and oxygen atoms in total. The van der Waals surface area contributed by atoms with Crippen LogP contribution in [0.2, 0.25) is 0 Å². The lowest BCUT2D eigenvalue weighted by Crippen LogP contribution is -2.29. The molecule has 0 radical (unpaired) electrons. The third kappa shape index (κ3) is 3.74. The minimum Gasteiger partial charge on any atom is -0.309 e. The Morgan fingerprint density at radius 2 is 1.52 bits per heavy atom. The summed E-state index contributed by atoms with van der Waals surface area (Å²) in [6.45, 7) is 7.13.